The van der Waals surface area contributed by atoms with Crippen molar-refractivity contribution in [1.82, 2.24) is 10.3 Å². The molecule has 0 saturated carbocycles. The third-order valence-corrected chi connectivity index (χ3v) is 2.39. The van der Waals surface area contributed by atoms with E-state index in [2.05, 4.69) is 10.5 Å². The molecule has 2 rings (SSSR count). The van der Waals surface area contributed by atoms with Gasteiger partial charge in [0, 0.05) is 0 Å². The normalized spacial score (nSPS) is 18.4. The van der Waals surface area contributed by atoms with Gasteiger partial charge in [-0.25, -0.2) is 4.79 Å². The van der Waals surface area contributed by atoms with Crippen LogP contribution in [0.1, 0.15) is 6.92 Å². The lowest BCUT2D eigenvalue weighted by molar-refractivity contribution is -0.138. The summed E-state index contributed by atoms with van der Waals surface area (Å²) in [6.07, 6.45) is -2.58. The summed E-state index contributed by atoms with van der Waals surface area (Å²) in [5.41, 5.74) is 1.57. The van der Waals surface area contributed by atoms with E-state index in [1.807, 2.05) is 0 Å². The van der Waals surface area contributed by atoms with Gasteiger partial charge >= 0.3 is 12.1 Å². The van der Waals surface area contributed by atoms with Crippen LogP contribution < -0.4 is 5.43 Å². The Morgan fingerprint density at radius 3 is 2.89 bits per heavy atom. The van der Waals surface area contributed by atoms with Gasteiger partial charge in [-0.1, -0.05) is 0 Å². The SMILES string of the molecule is CCOC(=O)C1=CC=C(C(F)(F)F)N2CNN=C12. The van der Waals surface area contributed by atoms with Crippen molar-refractivity contribution in [2.24, 2.45) is 5.10 Å². The number of nitrogens with one attached hydrogen (secondary N) is 1. The molecule has 2 heterocycles. The molecule has 0 aromatic heterocycles. The molecule has 0 aromatic carbocycles. The van der Waals surface area contributed by atoms with Gasteiger partial charge in [0.05, 0.1) is 6.61 Å². The van der Waals surface area contributed by atoms with Gasteiger partial charge in [0.1, 0.15) is 17.9 Å². The number of ether oxygens (including phenoxy) is 1. The van der Waals surface area contributed by atoms with Crippen LogP contribution in [0.15, 0.2) is 28.5 Å². The largest absolute Gasteiger partial charge is 0.462 e. The average Bonchev–Trinajstić information content (AvgIpc) is 2.74. The summed E-state index contributed by atoms with van der Waals surface area (Å²) >= 11 is 0. The molecule has 0 fully saturated rings. The van der Waals surface area contributed by atoms with Crippen LogP contribution in [0.25, 0.3) is 0 Å². The number of nitrogens with zero attached hydrogens (tertiary/aromatic N) is 2. The van der Waals surface area contributed by atoms with E-state index in [0.717, 1.165) is 17.1 Å². The molecule has 0 amide bonds. The maximum absolute atomic E-state index is 12.7. The molecule has 0 atom stereocenters. The van der Waals surface area contributed by atoms with E-state index in [1.54, 1.807) is 6.92 Å². The quantitative estimate of drug-likeness (QED) is 0.757. The van der Waals surface area contributed by atoms with Crippen molar-refractivity contribution in [3.05, 3.63) is 23.4 Å². The highest BCUT2D eigenvalue weighted by molar-refractivity contribution is 6.20. The van der Waals surface area contributed by atoms with Crippen LogP contribution in [0.5, 0.6) is 0 Å². The molecule has 98 valence electrons. The topological polar surface area (TPSA) is 53.9 Å². The monoisotopic (exact) mass is 261 g/mol. The molecule has 0 spiro atoms. The highest BCUT2D eigenvalue weighted by Gasteiger charge is 2.43. The lowest BCUT2D eigenvalue weighted by Gasteiger charge is -2.27. The summed E-state index contributed by atoms with van der Waals surface area (Å²) in [5, 5.41) is 3.69. The van der Waals surface area contributed by atoms with E-state index in [9.17, 15) is 18.0 Å². The molecule has 0 unspecified atom stereocenters. The van der Waals surface area contributed by atoms with E-state index in [4.69, 9.17) is 4.74 Å². The van der Waals surface area contributed by atoms with Crippen LogP contribution in [0.3, 0.4) is 0 Å². The zero-order chi connectivity index (χ0) is 13.3. The second kappa shape index (κ2) is 4.35. The molecule has 5 nitrogen and oxygen atoms in total. The average molecular weight is 261 g/mol. The van der Waals surface area contributed by atoms with Crippen molar-refractivity contribution >= 4 is 11.8 Å². The van der Waals surface area contributed by atoms with E-state index < -0.39 is 17.8 Å². The van der Waals surface area contributed by atoms with E-state index in [-0.39, 0.29) is 24.7 Å². The Morgan fingerprint density at radius 1 is 1.56 bits per heavy atom. The first-order chi connectivity index (χ1) is 8.45. The van der Waals surface area contributed by atoms with Gasteiger partial charge in [-0.15, -0.1) is 0 Å². The number of esters is 1. The zero-order valence-corrected chi connectivity index (χ0v) is 9.41. The Bertz CT molecular complexity index is 465. The Hall–Kier alpha value is -1.99. The van der Waals surface area contributed by atoms with Crippen LogP contribution in [-0.4, -0.2) is 36.2 Å². The molecule has 1 N–H and O–H groups in total. The first kappa shape index (κ1) is 12.5. The lowest BCUT2D eigenvalue weighted by Crippen LogP contribution is -2.39. The van der Waals surface area contributed by atoms with Crippen molar-refractivity contribution < 1.29 is 22.7 Å². The van der Waals surface area contributed by atoms with E-state index in [1.165, 1.54) is 0 Å². The summed E-state index contributed by atoms with van der Waals surface area (Å²) < 4.78 is 42.9. The van der Waals surface area contributed by atoms with Crippen molar-refractivity contribution in [2.45, 2.75) is 13.1 Å². The van der Waals surface area contributed by atoms with E-state index in [0.29, 0.717) is 0 Å². The number of alkyl halides is 3. The highest BCUT2D eigenvalue weighted by atomic mass is 19.4. The minimum atomic E-state index is -4.50. The number of hydrogen-bond acceptors (Lipinski definition) is 5. The van der Waals surface area contributed by atoms with Gasteiger partial charge in [-0.2, -0.15) is 18.3 Å². The van der Waals surface area contributed by atoms with Crippen molar-refractivity contribution in [1.29, 1.82) is 0 Å². The predicted molar refractivity (Wildman–Crippen MR) is 56.1 cm³/mol. The summed E-state index contributed by atoms with van der Waals surface area (Å²) in [4.78, 5) is 12.5. The Balaban J connectivity index is 2.36. The minimum absolute atomic E-state index is 0.00912. The van der Waals surface area contributed by atoms with Gasteiger partial charge in [-0.3, -0.25) is 5.43 Å². The van der Waals surface area contributed by atoms with Gasteiger partial charge in [0.25, 0.3) is 0 Å². The standard InChI is InChI=1S/C10H10F3N3O2/c1-2-18-9(17)6-3-4-7(10(11,12)13)16-5-14-15-8(6)16/h3-4,14H,2,5H2,1H3. The van der Waals surface area contributed by atoms with Crippen molar-refractivity contribution in [2.75, 3.05) is 13.3 Å². The molecule has 2 aliphatic heterocycles. The predicted octanol–water partition coefficient (Wildman–Crippen LogP) is 1.11. The number of fused-ring (bicyclic) bond motifs is 1. The summed E-state index contributed by atoms with van der Waals surface area (Å²) in [6, 6.07) is 0. The second-order valence-corrected chi connectivity index (χ2v) is 3.53. The molecular formula is C10H10F3N3O2. The van der Waals surface area contributed by atoms with Crippen LogP contribution in [0.2, 0.25) is 0 Å². The number of carbonyl (C=O) groups is 1. The lowest BCUT2D eigenvalue weighted by atomic mass is 10.1. The summed E-state index contributed by atoms with van der Waals surface area (Å²) in [5.74, 6) is -0.759. The first-order valence-corrected chi connectivity index (χ1v) is 5.20. The van der Waals surface area contributed by atoms with Crippen LogP contribution in [0, 0.1) is 0 Å². The molecule has 18 heavy (non-hydrogen) atoms. The van der Waals surface area contributed by atoms with Crippen LogP contribution in [-0.2, 0) is 9.53 Å². The van der Waals surface area contributed by atoms with Crippen molar-refractivity contribution in [3.63, 3.8) is 0 Å². The number of hydrazone groups is 1. The number of rotatable bonds is 2. The number of halogens is 3. The smallest absolute Gasteiger partial charge is 0.431 e. The first-order valence-electron chi connectivity index (χ1n) is 5.20. The summed E-state index contributed by atoms with van der Waals surface area (Å²) in [7, 11) is 0. The fourth-order valence-electron chi connectivity index (χ4n) is 1.66. The number of amidine groups is 1. The van der Waals surface area contributed by atoms with Crippen LogP contribution in [0.4, 0.5) is 13.2 Å². The Morgan fingerprint density at radius 2 is 2.28 bits per heavy atom. The fraction of sp³-hybridized carbons (Fsp3) is 0.400. The maximum Gasteiger partial charge on any atom is 0.431 e. The van der Waals surface area contributed by atoms with Crippen LogP contribution >= 0.6 is 0 Å². The highest BCUT2D eigenvalue weighted by Crippen LogP contribution is 2.33. The van der Waals surface area contributed by atoms with Gasteiger partial charge in [0.15, 0.2) is 5.84 Å². The molecule has 0 bridgehead atoms. The molecule has 2 aliphatic rings. The van der Waals surface area contributed by atoms with Gasteiger partial charge in [0.2, 0.25) is 0 Å². The van der Waals surface area contributed by atoms with Crippen molar-refractivity contribution in [3.8, 4) is 0 Å². The second-order valence-electron chi connectivity index (χ2n) is 3.53. The Labute approximate surface area is 101 Å². The molecule has 0 aromatic rings. The zero-order valence-electron chi connectivity index (χ0n) is 9.41. The Kier molecular flexibility index (Phi) is 3.02. The van der Waals surface area contributed by atoms with Gasteiger partial charge in [-0.05, 0) is 19.1 Å². The number of hydrogen-bond donors (Lipinski definition) is 1. The molecule has 0 aliphatic carbocycles. The number of allylic oxidation sites excluding steroid dienone is 3. The summed E-state index contributed by atoms with van der Waals surface area (Å²) in [6.45, 7) is 1.63. The third kappa shape index (κ3) is 2.05. The maximum atomic E-state index is 12.7. The third-order valence-electron chi connectivity index (χ3n) is 2.39. The minimum Gasteiger partial charge on any atom is -0.462 e. The fourth-order valence-corrected chi connectivity index (χ4v) is 1.66. The number of carbonyl (C=O) groups excluding carboxylic acids is 1. The molecule has 8 heteroatoms. The van der Waals surface area contributed by atoms with E-state index >= 15 is 0 Å². The molecule has 0 radical (unpaired) electrons. The van der Waals surface area contributed by atoms with Gasteiger partial charge < -0.3 is 9.64 Å². The molecular weight excluding hydrogens is 251 g/mol. The molecule has 0 saturated heterocycles.